The van der Waals surface area contributed by atoms with Crippen LogP contribution in [0.15, 0.2) is 35.9 Å². The van der Waals surface area contributed by atoms with Crippen molar-refractivity contribution in [2.45, 2.75) is 32.7 Å². The highest BCUT2D eigenvalue weighted by Gasteiger charge is 2.43. The number of Topliss-reactive ketones (excluding diaryl/α,β-unsaturated/α-hetero) is 1. The minimum absolute atomic E-state index is 0.144. The zero-order valence-corrected chi connectivity index (χ0v) is 14.4. The maximum atomic E-state index is 12.6. The van der Waals surface area contributed by atoms with E-state index in [-0.39, 0.29) is 23.7 Å². The molecule has 1 N–H and O–H groups in total. The number of ether oxygens (including phenoxy) is 1. The zero-order chi connectivity index (χ0) is 17.7. The van der Waals surface area contributed by atoms with E-state index in [0.717, 1.165) is 5.56 Å². The van der Waals surface area contributed by atoms with Crippen molar-refractivity contribution in [3.05, 3.63) is 41.4 Å². The van der Waals surface area contributed by atoms with Crippen LogP contribution in [0, 0.1) is 5.92 Å². The number of aliphatic hydroxyl groups excluding tert-OH is 1. The summed E-state index contributed by atoms with van der Waals surface area (Å²) in [4.78, 5) is 30.7. The molecule has 0 spiro atoms. The molecule has 1 amide bonds. The van der Waals surface area contributed by atoms with Crippen molar-refractivity contribution in [2.24, 2.45) is 5.92 Å². The molecule has 0 saturated carbocycles. The van der Waals surface area contributed by atoms with Crippen LogP contribution in [0.4, 0.5) is 0 Å². The molecule has 0 saturated heterocycles. The van der Waals surface area contributed by atoms with Crippen molar-refractivity contribution in [3.63, 3.8) is 0 Å². The van der Waals surface area contributed by atoms with Gasteiger partial charge in [0.2, 0.25) is 0 Å². The Bertz CT molecular complexity index is 625. The second kappa shape index (κ2) is 8.06. The SMILES string of the molecule is COCCCN1C(=O)C(O)=C(C(=O)CC(C)C)C1c1cccnc1. The van der Waals surface area contributed by atoms with Gasteiger partial charge in [0.25, 0.3) is 5.91 Å². The summed E-state index contributed by atoms with van der Waals surface area (Å²) in [6.07, 6.45) is 4.17. The molecule has 2 heterocycles. The number of amides is 1. The number of hydrogen-bond donors (Lipinski definition) is 1. The van der Waals surface area contributed by atoms with Gasteiger partial charge in [0.15, 0.2) is 11.5 Å². The first-order chi connectivity index (χ1) is 11.5. The predicted octanol–water partition coefficient (Wildman–Crippen LogP) is 2.43. The number of nitrogens with zero attached hydrogens (tertiary/aromatic N) is 2. The van der Waals surface area contributed by atoms with Gasteiger partial charge in [0.1, 0.15) is 0 Å². The Balaban J connectivity index is 2.38. The first kappa shape index (κ1) is 18.1. The molecule has 6 heteroatoms. The Kier molecular flexibility index (Phi) is 6.09. The van der Waals surface area contributed by atoms with Crippen molar-refractivity contribution in [2.75, 3.05) is 20.3 Å². The van der Waals surface area contributed by atoms with E-state index in [4.69, 9.17) is 4.74 Å². The molecule has 1 aromatic rings. The number of rotatable bonds is 8. The summed E-state index contributed by atoms with van der Waals surface area (Å²) < 4.78 is 5.04. The van der Waals surface area contributed by atoms with E-state index in [0.29, 0.717) is 19.6 Å². The third kappa shape index (κ3) is 3.82. The Morgan fingerprint density at radius 3 is 2.79 bits per heavy atom. The fraction of sp³-hybridized carbons (Fsp3) is 0.500. The topological polar surface area (TPSA) is 79.7 Å². The van der Waals surface area contributed by atoms with Crippen LogP contribution in [-0.2, 0) is 14.3 Å². The third-order valence-corrected chi connectivity index (χ3v) is 3.95. The van der Waals surface area contributed by atoms with Crippen LogP contribution < -0.4 is 0 Å². The van der Waals surface area contributed by atoms with Crippen molar-refractivity contribution in [1.82, 2.24) is 9.88 Å². The molecule has 6 nitrogen and oxygen atoms in total. The Morgan fingerprint density at radius 1 is 1.46 bits per heavy atom. The maximum absolute atomic E-state index is 12.6. The van der Waals surface area contributed by atoms with Gasteiger partial charge in [-0.15, -0.1) is 0 Å². The highest BCUT2D eigenvalue weighted by Crippen LogP contribution is 2.38. The third-order valence-electron chi connectivity index (χ3n) is 3.95. The highest BCUT2D eigenvalue weighted by molar-refractivity contribution is 6.08. The van der Waals surface area contributed by atoms with Gasteiger partial charge in [-0.1, -0.05) is 19.9 Å². The highest BCUT2D eigenvalue weighted by atomic mass is 16.5. The number of carbonyl (C=O) groups excluding carboxylic acids is 2. The Hall–Kier alpha value is -2.21. The van der Waals surface area contributed by atoms with E-state index in [9.17, 15) is 14.7 Å². The van der Waals surface area contributed by atoms with Crippen LogP contribution in [-0.4, -0.2) is 46.9 Å². The molecular formula is C18H24N2O4. The van der Waals surface area contributed by atoms with Crippen molar-refractivity contribution < 1.29 is 19.4 Å². The molecule has 0 aromatic carbocycles. The van der Waals surface area contributed by atoms with Gasteiger partial charge >= 0.3 is 0 Å². The second-order valence-corrected chi connectivity index (χ2v) is 6.32. The molecule has 0 fully saturated rings. The number of hydrogen-bond acceptors (Lipinski definition) is 5. The molecule has 0 bridgehead atoms. The smallest absolute Gasteiger partial charge is 0.290 e. The number of carbonyl (C=O) groups is 2. The largest absolute Gasteiger partial charge is 0.503 e. The van der Waals surface area contributed by atoms with Gasteiger partial charge in [-0.2, -0.15) is 0 Å². The van der Waals surface area contributed by atoms with Gasteiger partial charge in [-0.25, -0.2) is 0 Å². The van der Waals surface area contributed by atoms with Gasteiger partial charge < -0.3 is 14.7 Å². The zero-order valence-electron chi connectivity index (χ0n) is 14.4. The lowest BCUT2D eigenvalue weighted by Gasteiger charge is -2.26. The van der Waals surface area contributed by atoms with Gasteiger partial charge in [0, 0.05) is 39.1 Å². The minimum atomic E-state index is -0.589. The molecule has 24 heavy (non-hydrogen) atoms. The first-order valence-electron chi connectivity index (χ1n) is 8.13. The lowest BCUT2D eigenvalue weighted by Crippen LogP contribution is -2.32. The van der Waals surface area contributed by atoms with Gasteiger partial charge in [-0.05, 0) is 24.0 Å². The molecule has 0 radical (unpaired) electrons. The molecule has 1 aliphatic rings. The minimum Gasteiger partial charge on any atom is -0.503 e. The standard InChI is InChI=1S/C18H24N2O4/c1-12(2)10-14(21)15-16(13-6-4-7-19-11-13)20(8-5-9-24-3)18(23)17(15)22/h4,6-7,11-12,16,22H,5,8-10H2,1-3H3. The quantitative estimate of drug-likeness (QED) is 0.740. The van der Waals surface area contributed by atoms with E-state index in [1.165, 1.54) is 4.90 Å². The fourth-order valence-electron chi connectivity index (χ4n) is 2.91. The molecule has 1 atom stereocenters. The number of methoxy groups -OCH3 is 1. The average Bonchev–Trinajstić information content (AvgIpc) is 2.80. The molecule has 0 aliphatic carbocycles. The van der Waals surface area contributed by atoms with E-state index in [1.807, 2.05) is 19.9 Å². The Morgan fingerprint density at radius 2 is 2.21 bits per heavy atom. The summed E-state index contributed by atoms with van der Waals surface area (Å²) >= 11 is 0. The molecular weight excluding hydrogens is 308 g/mol. The number of ketones is 1. The summed E-state index contributed by atoms with van der Waals surface area (Å²) in [6.45, 7) is 4.76. The molecule has 2 rings (SSSR count). The number of pyridine rings is 1. The van der Waals surface area contributed by atoms with Gasteiger partial charge in [-0.3, -0.25) is 14.6 Å². The molecule has 1 aromatic heterocycles. The van der Waals surface area contributed by atoms with E-state index in [2.05, 4.69) is 4.98 Å². The van der Waals surface area contributed by atoms with Crippen LogP contribution in [0.1, 0.15) is 38.3 Å². The van der Waals surface area contributed by atoms with E-state index in [1.54, 1.807) is 25.6 Å². The van der Waals surface area contributed by atoms with E-state index < -0.39 is 17.7 Å². The normalized spacial score (nSPS) is 17.9. The maximum Gasteiger partial charge on any atom is 0.290 e. The van der Waals surface area contributed by atoms with Crippen LogP contribution in [0.25, 0.3) is 0 Å². The summed E-state index contributed by atoms with van der Waals surface area (Å²) in [5, 5.41) is 10.3. The lowest BCUT2D eigenvalue weighted by molar-refractivity contribution is -0.129. The second-order valence-electron chi connectivity index (χ2n) is 6.32. The number of aliphatic hydroxyl groups is 1. The monoisotopic (exact) mass is 332 g/mol. The van der Waals surface area contributed by atoms with E-state index >= 15 is 0 Å². The molecule has 1 aliphatic heterocycles. The molecule has 1 unspecified atom stereocenters. The van der Waals surface area contributed by atoms with Crippen molar-refractivity contribution in [3.8, 4) is 0 Å². The number of aromatic nitrogens is 1. The summed E-state index contributed by atoms with van der Waals surface area (Å²) in [5.41, 5.74) is 0.901. The van der Waals surface area contributed by atoms with Crippen LogP contribution >= 0.6 is 0 Å². The first-order valence-corrected chi connectivity index (χ1v) is 8.13. The molecule has 130 valence electrons. The van der Waals surface area contributed by atoms with Crippen molar-refractivity contribution in [1.29, 1.82) is 0 Å². The Labute approximate surface area is 142 Å². The summed E-state index contributed by atoms with van der Waals surface area (Å²) in [7, 11) is 1.59. The van der Waals surface area contributed by atoms with Crippen LogP contribution in [0.2, 0.25) is 0 Å². The fourth-order valence-corrected chi connectivity index (χ4v) is 2.91. The average molecular weight is 332 g/mol. The summed E-state index contributed by atoms with van der Waals surface area (Å²) in [5.74, 6) is -0.997. The van der Waals surface area contributed by atoms with Crippen LogP contribution in [0.3, 0.4) is 0 Å². The van der Waals surface area contributed by atoms with Gasteiger partial charge in [0.05, 0.1) is 11.6 Å². The lowest BCUT2D eigenvalue weighted by atomic mass is 9.93. The van der Waals surface area contributed by atoms with Crippen LogP contribution in [0.5, 0.6) is 0 Å². The summed E-state index contributed by atoms with van der Waals surface area (Å²) in [6, 6.07) is 2.98. The predicted molar refractivity (Wildman–Crippen MR) is 89.3 cm³/mol. The van der Waals surface area contributed by atoms with Crippen molar-refractivity contribution >= 4 is 11.7 Å².